The molecule has 0 saturated carbocycles. The lowest BCUT2D eigenvalue weighted by molar-refractivity contribution is 0.431. The van der Waals surface area contributed by atoms with Gasteiger partial charge in [0.15, 0.2) is 0 Å². The summed E-state index contributed by atoms with van der Waals surface area (Å²) in [5, 5.41) is 8.48. The van der Waals surface area contributed by atoms with Gasteiger partial charge in [-0.05, 0) is 29.7 Å². The minimum atomic E-state index is 0.0416. The summed E-state index contributed by atoms with van der Waals surface area (Å²) in [5.74, 6) is 0.959. The van der Waals surface area contributed by atoms with Gasteiger partial charge < -0.3 is 11.1 Å². The Hall–Kier alpha value is -2.53. The molecule has 0 radical (unpaired) electrons. The largest absolute Gasteiger partial charge is 0.366 e. The molecule has 2 atom stereocenters. The number of hydrogen-bond acceptors (Lipinski definition) is 4. The van der Waals surface area contributed by atoms with Gasteiger partial charge in [0.1, 0.15) is 0 Å². The van der Waals surface area contributed by atoms with Crippen LogP contribution in [0, 0.1) is 0 Å². The van der Waals surface area contributed by atoms with Gasteiger partial charge in [-0.1, -0.05) is 54.1 Å². The Morgan fingerprint density at radius 1 is 1.09 bits per heavy atom. The van der Waals surface area contributed by atoms with Gasteiger partial charge in [-0.15, -0.1) is 5.10 Å². The summed E-state index contributed by atoms with van der Waals surface area (Å²) >= 11 is 6.16. The standard InChI is InChI=1S/C17H16ClN5/c18-13-8-4-7-12(9-13)15-10-14(11-5-2-1-3-6-11)20-17-21-16(19)22-23(15)17/h1-9,14-15H,10H2,(H3,19,20,21,22). The molecule has 1 aromatic heterocycles. The molecule has 116 valence electrons. The maximum Gasteiger partial charge on any atom is 0.241 e. The van der Waals surface area contributed by atoms with E-state index in [1.807, 2.05) is 41.1 Å². The van der Waals surface area contributed by atoms with Crippen LogP contribution in [0.5, 0.6) is 0 Å². The first-order valence-electron chi connectivity index (χ1n) is 7.49. The minimum absolute atomic E-state index is 0.0416. The van der Waals surface area contributed by atoms with Crippen LogP contribution in [0.1, 0.15) is 29.6 Å². The zero-order chi connectivity index (χ0) is 15.8. The van der Waals surface area contributed by atoms with Crippen molar-refractivity contribution in [3.8, 4) is 0 Å². The van der Waals surface area contributed by atoms with Gasteiger partial charge in [0.25, 0.3) is 0 Å². The van der Waals surface area contributed by atoms with E-state index < -0.39 is 0 Å². The Bertz CT molecular complexity index is 830. The van der Waals surface area contributed by atoms with E-state index in [-0.39, 0.29) is 18.0 Å². The molecule has 6 heteroatoms. The number of anilines is 2. The molecule has 1 aliphatic rings. The number of rotatable bonds is 2. The summed E-state index contributed by atoms with van der Waals surface area (Å²) in [7, 11) is 0. The number of nitrogens with zero attached hydrogens (tertiary/aromatic N) is 3. The lowest BCUT2D eigenvalue weighted by Gasteiger charge is -2.31. The van der Waals surface area contributed by atoms with Crippen LogP contribution in [0.2, 0.25) is 5.02 Å². The number of fused-ring (bicyclic) bond motifs is 1. The number of aromatic nitrogens is 3. The summed E-state index contributed by atoms with van der Waals surface area (Å²) < 4.78 is 1.85. The number of benzene rings is 2. The second-order valence-corrected chi connectivity index (χ2v) is 6.09. The topological polar surface area (TPSA) is 68.8 Å². The van der Waals surface area contributed by atoms with Crippen molar-refractivity contribution in [2.45, 2.75) is 18.5 Å². The molecule has 3 aromatic rings. The van der Waals surface area contributed by atoms with Crippen LogP contribution in [-0.4, -0.2) is 14.8 Å². The smallest absolute Gasteiger partial charge is 0.241 e. The van der Waals surface area contributed by atoms with Crippen LogP contribution < -0.4 is 11.1 Å². The van der Waals surface area contributed by atoms with Crippen molar-refractivity contribution < 1.29 is 0 Å². The predicted molar refractivity (Wildman–Crippen MR) is 91.4 cm³/mol. The van der Waals surface area contributed by atoms with Crippen molar-refractivity contribution in [1.29, 1.82) is 0 Å². The van der Waals surface area contributed by atoms with E-state index in [0.29, 0.717) is 11.0 Å². The lowest BCUT2D eigenvalue weighted by atomic mass is 9.93. The van der Waals surface area contributed by atoms with Crippen molar-refractivity contribution in [2.24, 2.45) is 0 Å². The molecule has 5 nitrogen and oxygen atoms in total. The Morgan fingerprint density at radius 3 is 2.65 bits per heavy atom. The Balaban J connectivity index is 1.78. The second-order valence-electron chi connectivity index (χ2n) is 5.65. The highest BCUT2D eigenvalue weighted by atomic mass is 35.5. The zero-order valence-corrected chi connectivity index (χ0v) is 13.1. The van der Waals surface area contributed by atoms with Crippen molar-refractivity contribution in [3.05, 3.63) is 70.7 Å². The van der Waals surface area contributed by atoms with E-state index in [2.05, 4.69) is 33.6 Å². The fourth-order valence-corrected chi connectivity index (χ4v) is 3.29. The summed E-state index contributed by atoms with van der Waals surface area (Å²) in [4.78, 5) is 4.31. The second kappa shape index (κ2) is 5.59. The third-order valence-corrected chi connectivity index (χ3v) is 4.38. The van der Waals surface area contributed by atoms with Crippen LogP contribution >= 0.6 is 11.6 Å². The first-order valence-corrected chi connectivity index (χ1v) is 7.87. The minimum Gasteiger partial charge on any atom is -0.366 e. The number of hydrogen-bond donors (Lipinski definition) is 2. The van der Waals surface area contributed by atoms with Crippen LogP contribution in [0.25, 0.3) is 0 Å². The summed E-state index contributed by atoms with van der Waals surface area (Å²) in [6, 6.07) is 18.4. The highest BCUT2D eigenvalue weighted by molar-refractivity contribution is 6.30. The average Bonchev–Trinajstić information content (AvgIpc) is 2.95. The molecule has 0 spiro atoms. The number of halogens is 1. The molecule has 0 fully saturated rings. The van der Waals surface area contributed by atoms with E-state index in [4.69, 9.17) is 17.3 Å². The van der Waals surface area contributed by atoms with Crippen molar-refractivity contribution in [1.82, 2.24) is 14.8 Å². The maximum absolute atomic E-state index is 6.16. The van der Waals surface area contributed by atoms with Crippen LogP contribution in [0.4, 0.5) is 11.9 Å². The molecule has 2 unspecified atom stereocenters. The third-order valence-electron chi connectivity index (χ3n) is 4.14. The van der Waals surface area contributed by atoms with Gasteiger partial charge in [0.05, 0.1) is 12.1 Å². The van der Waals surface area contributed by atoms with E-state index in [1.165, 1.54) is 5.56 Å². The molecule has 2 aromatic carbocycles. The summed E-state index contributed by atoms with van der Waals surface area (Å²) in [6.07, 6.45) is 0.847. The van der Waals surface area contributed by atoms with Gasteiger partial charge in [0, 0.05) is 5.02 Å². The highest BCUT2D eigenvalue weighted by Gasteiger charge is 2.30. The molecule has 0 amide bonds. The monoisotopic (exact) mass is 325 g/mol. The van der Waals surface area contributed by atoms with Gasteiger partial charge in [-0.25, -0.2) is 4.68 Å². The summed E-state index contributed by atoms with van der Waals surface area (Å²) in [6.45, 7) is 0. The molecule has 2 heterocycles. The number of nitrogens with two attached hydrogens (primary N) is 1. The molecular weight excluding hydrogens is 310 g/mol. The maximum atomic E-state index is 6.16. The molecule has 23 heavy (non-hydrogen) atoms. The number of nitrogens with one attached hydrogen (secondary N) is 1. The molecule has 3 N–H and O–H groups in total. The molecule has 0 aliphatic carbocycles. The molecule has 0 saturated heterocycles. The quantitative estimate of drug-likeness (QED) is 0.754. The Kier molecular flexibility index (Phi) is 3.42. The van der Waals surface area contributed by atoms with Crippen LogP contribution in [-0.2, 0) is 0 Å². The third kappa shape index (κ3) is 2.64. The first kappa shape index (κ1) is 14.1. The summed E-state index contributed by atoms with van der Waals surface area (Å²) in [5.41, 5.74) is 8.12. The van der Waals surface area contributed by atoms with Gasteiger partial charge in [-0.2, -0.15) is 4.98 Å². The first-order chi connectivity index (χ1) is 11.2. The SMILES string of the molecule is Nc1nc2n(n1)C(c1cccc(Cl)c1)CC(c1ccccc1)N2. The molecule has 0 bridgehead atoms. The Labute approximate surface area is 139 Å². The van der Waals surface area contributed by atoms with Crippen molar-refractivity contribution >= 4 is 23.5 Å². The van der Waals surface area contributed by atoms with E-state index in [1.54, 1.807) is 0 Å². The Morgan fingerprint density at radius 2 is 1.87 bits per heavy atom. The van der Waals surface area contributed by atoms with Crippen LogP contribution in [0.3, 0.4) is 0 Å². The van der Waals surface area contributed by atoms with Gasteiger partial charge in [-0.3, -0.25) is 0 Å². The fraction of sp³-hybridized carbons (Fsp3) is 0.176. The van der Waals surface area contributed by atoms with Gasteiger partial charge >= 0.3 is 0 Å². The van der Waals surface area contributed by atoms with Crippen LogP contribution in [0.15, 0.2) is 54.6 Å². The fourth-order valence-electron chi connectivity index (χ4n) is 3.09. The zero-order valence-electron chi connectivity index (χ0n) is 12.4. The highest BCUT2D eigenvalue weighted by Crippen LogP contribution is 2.38. The van der Waals surface area contributed by atoms with E-state index in [0.717, 1.165) is 12.0 Å². The van der Waals surface area contributed by atoms with Crippen molar-refractivity contribution in [3.63, 3.8) is 0 Å². The van der Waals surface area contributed by atoms with Gasteiger partial charge in [0.2, 0.25) is 11.9 Å². The molecule has 4 rings (SSSR count). The average molecular weight is 326 g/mol. The van der Waals surface area contributed by atoms with Crippen molar-refractivity contribution in [2.75, 3.05) is 11.1 Å². The number of nitrogen functional groups attached to an aromatic ring is 1. The normalized spacial score (nSPS) is 19.9. The molecule has 1 aliphatic heterocycles. The predicted octanol–water partition coefficient (Wildman–Crippen LogP) is 3.66. The van der Waals surface area contributed by atoms with E-state index >= 15 is 0 Å². The lowest BCUT2D eigenvalue weighted by Crippen LogP contribution is -2.28. The van der Waals surface area contributed by atoms with E-state index in [9.17, 15) is 0 Å². The molecular formula is C17H16ClN5.